The minimum Gasteiger partial charge on any atom is -0.481 e. The number of Topliss-reactive ketones (excluding diaryl/α,β-unsaturated/α-hetero) is 1. The number of thiophene rings is 1. The maximum Gasteiger partial charge on any atom is 0.306 e. The summed E-state index contributed by atoms with van der Waals surface area (Å²) in [6, 6.07) is 1.71. The van der Waals surface area contributed by atoms with Crippen LogP contribution in [0.5, 0.6) is 0 Å². The summed E-state index contributed by atoms with van der Waals surface area (Å²) >= 11 is 7.98. The maximum absolute atomic E-state index is 12.0. The van der Waals surface area contributed by atoms with E-state index in [1.54, 1.807) is 19.9 Å². The molecule has 3 nitrogen and oxygen atoms in total. The third-order valence-corrected chi connectivity index (χ3v) is 4.81. The van der Waals surface area contributed by atoms with Crippen molar-refractivity contribution in [2.24, 2.45) is 11.8 Å². The Morgan fingerprint density at radius 1 is 1.31 bits per heavy atom. The number of rotatable bonds is 4. The Hall–Kier alpha value is -0.200. The Morgan fingerprint density at radius 3 is 2.25 bits per heavy atom. The van der Waals surface area contributed by atoms with Crippen molar-refractivity contribution in [3.8, 4) is 0 Å². The van der Waals surface area contributed by atoms with Crippen LogP contribution in [0.3, 0.4) is 0 Å². The highest BCUT2D eigenvalue weighted by Gasteiger charge is 2.28. The van der Waals surface area contributed by atoms with Crippen LogP contribution in [-0.4, -0.2) is 16.9 Å². The van der Waals surface area contributed by atoms with E-state index in [0.29, 0.717) is 5.56 Å². The van der Waals surface area contributed by atoms with E-state index in [0.717, 1.165) is 7.57 Å². The number of carboxylic acids is 1. The van der Waals surface area contributed by atoms with E-state index in [-0.39, 0.29) is 5.78 Å². The van der Waals surface area contributed by atoms with E-state index < -0.39 is 17.8 Å². The van der Waals surface area contributed by atoms with Crippen molar-refractivity contribution in [1.82, 2.24) is 0 Å². The number of hydrogen-bond acceptors (Lipinski definition) is 3. The summed E-state index contributed by atoms with van der Waals surface area (Å²) < 4.78 is 1.58. The normalized spacial score (nSPS) is 14.5. The molecule has 16 heavy (non-hydrogen) atoms. The molecule has 0 radical (unpaired) electrons. The molecule has 6 heteroatoms. The Kier molecular flexibility index (Phi) is 4.70. The molecule has 0 aliphatic rings. The predicted octanol–water partition coefficient (Wildman–Crippen LogP) is 3.81. The molecule has 2 atom stereocenters. The Morgan fingerprint density at radius 2 is 1.88 bits per heavy atom. The highest BCUT2D eigenvalue weighted by atomic mass is 79.9. The predicted molar refractivity (Wildman–Crippen MR) is 70.0 cm³/mol. The molecule has 0 amide bonds. The number of carbonyl (C=O) groups excluding carboxylic acids is 1. The van der Waals surface area contributed by atoms with Crippen LogP contribution in [0.25, 0.3) is 0 Å². The van der Waals surface area contributed by atoms with Crippen LogP contribution in [0.2, 0.25) is 0 Å². The van der Waals surface area contributed by atoms with E-state index in [1.165, 1.54) is 11.3 Å². The SMILES string of the molecule is CC(C(=O)O)C(C)C(=O)c1cc(Br)sc1Br. The largest absolute Gasteiger partial charge is 0.481 e. The third-order valence-electron chi connectivity index (χ3n) is 2.48. The van der Waals surface area contributed by atoms with Crippen molar-refractivity contribution in [2.45, 2.75) is 13.8 Å². The van der Waals surface area contributed by atoms with Crippen molar-refractivity contribution < 1.29 is 14.7 Å². The topological polar surface area (TPSA) is 54.4 Å². The number of carboxylic acid groups (broad SMARTS) is 1. The van der Waals surface area contributed by atoms with Gasteiger partial charge in [0.1, 0.15) is 0 Å². The summed E-state index contributed by atoms with van der Waals surface area (Å²) in [5.41, 5.74) is 0.539. The molecule has 1 aromatic rings. The zero-order chi connectivity index (χ0) is 12.5. The lowest BCUT2D eigenvalue weighted by atomic mass is 9.89. The fourth-order valence-corrected chi connectivity index (χ4v) is 4.01. The number of hydrogen-bond donors (Lipinski definition) is 1. The van der Waals surface area contributed by atoms with Crippen LogP contribution in [0.15, 0.2) is 13.6 Å². The fourth-order valence-electron chi connectivity index (χ4n) is 1.19. The minimum absolute atomic E-state index is 0.149. The molecule has 0 fully saturated rings. The molecule has 0 saturated carbocycles. The smallest absolute Gasteiger partial charge is 0.306 e. The van der Waals surface area contributed by atoms with Crippen molar-refractivity contribution in [3.63, 3.8) is 0 Å². The molecule has 0 spiro atoms. The summed E-state index contributed by atoms with van der Waals surface area (Å²) in [6.45, 7) is 3.18. The Labute approximate surface area is 114 Å². The zero-order valence-electron chi connectivity index (χ0n) is 8.66. The Bertz CT molecular complexity index is 428. The first kappa shape index (κ1) is 13.9. The van der Waals surface area contributed by atoms with Gasteiger partial charge >= 0.3 is 5.97 Å². The second-order valence-electron chi connectivity index (χ2n) is 3.52. The molecule has 0 saturated heterocycles. The third kappa shape index (κ3) is 2.93. The van der Waals surface area contributed by atoms with Gasteiger partial charge in [-0.05, 0) is 37.9 Å². The fraction of sp³-hybridized carbons (Fsp3) is 0.400. The summed E-state index contributed by atoms with van der Waals surface area (Å²) in [7, 11) is 0. The number of carbonyl (C=O) groups is 2. The molecule has 0 aliphatic heterocycles. The lowest BCUT2D eigenvalue weighted by Gasteiger charge is -2.13. The van der Waals surface area contributed by atoms with Crippen LogP contribution in [-0.2, 0) is 4.79 Å². The quantitative estimate of drug-likeness (QED) is 0.821. The van der Waals surface area contributed by atoms with Gasteiger partial charge in [0.05, 0.1) is 13.5 Å². The highest BCUT2D eigenvalue weighted by Crippen LogP contribution is 2.34. The van der Waals surface area contributed by atoms with Crippen LogP contribution in [0.1, 0.15) is 24.2 Å². The number of halogens is 2. The summed E-state index contributed by atoms with van der Waals surface area (Å²) in [6.07, 6.45) is 0. The molecule has 88 valence electrons. The Balaban J connectivity index is 2.94. The van der Waals surface area contributed by atoms with Crippen molar-refractivity contribution in [1.29, 1.82) is 0 Å². The average molecular weight is 370 g/mol. The van der Waals surface area contributed by atoms with Crippen LogP contribution in [0.4, 0.5) is 0 Å². The highest BCUT2D eigenvalue weighted by molar-refractivity contribution is 9.12. The van der Waals surface area contributed by atoms with Crippen LogP contribution >= 0.6 is 43.2 Å². The van der Waals surface area contributed by atoms with Crippen molar-refractivity contribution >= 4 is 54.9 Å². The molecule has 0 bridgehead atoms. The van der Waals surface area contributed by atoms with Crippen molar-refractivity contribution in [2.75, 3.05) is 0 Å². The molecule has 2 unspecified atom stereocenters. The molecule has 1 heterocycles. The molecule has 1 rings (SSSR count). The molecular formula is C10H10Br2O3S. The molecule has 1 N–H and O–H groups in total. The molecular weight excluding hydrogens is 360 g/mol. The second kappa shape index (κ2) is 5.42. The summed E-state index contributed by atoms with van der Waals surface area (Å²) in [5, 5.41) is 8.85. The lowest BCUT2D eigenvalue weighted by molar-refractivity contribution is -0.142. The average Bonchev–Trinajstić information content (AvgIpc) is 2.54. The van der Waals surface area contributed by atoms with Crippen LogP contribution < -0.4 is 0 Å². The minimum atomic E-state index is -0.953. The molecule has 0 aromatic carbocycles. The zero-order valence-corrected chi connectivity index (χ0v) is 12.6. The standard InChI is InChI=1S/C10H10Br2O3S/c1-4(5(2)10(14)15)8(13)6-3-7(11)16-9(6)12/h3-5H,1-2H3,(H,14,15). The van der Waals surface area contributed by atoms with Crippen LogP contribution in [0, 0.1) is 11.8 Å². The van der Waals surface area contributed by atoms with E-state index >= 15 is 0 Å². The second-order valence-corrected chi connectivity index (χ2v) is 7.27. The monoisotopic (exact) mass is 368 g/mol. The van der Waals surface area contributed by atoms with Gasteiger partial charge in [0.2, 0.25) is 0 Å². The summed E-state index contributed by atoms with van der Waals surface area (Å²) in [5.74, 6) is -2.32. The van der Waals surface area contributed by atoms with Gasteiger partial charge in [-0.3, -0.25) is 9.59 Å². The van der Waals surface area contributed by atoms with Gasteiger partial charge in [-0.2, -0.15) is 0 Å². The lowest BCUT2D eigenvalue weighted by Crippen LogP contribution is -2.25. The maximum atomic E-state index is 12.0. The van der Waals surface area contributed by atoms with Gasteiger partial charge < -0.3 is 5.11 Å². The van der Waals surface area contributed by atoms with E-state index in [4.69, 9.17) is 5.11 Å². The van der Waals surface area contributed by atoms with Gasteiger partial charge in [-0.15, -0.1) is 11.3 Å². The van der Waals surface area contributed by atoms with Gasteiger partial charge in [-0.25, -0.2) is 0 Å². The first-order chi connectivity index (χ1) is 7.34. The van der Waals surface area contributed by atoms with Crippen molar-refractivity contribution in [3.05, 3.63) is 19.2 Å². The van der Waals surface area contributed by atoms with E-state index in [2.05, 4.69) is 31.9 Å². The van der Waals surface area contributed by atoms with Gasteiger partial charge in [0, 0.05) is 11.5 Å². The molecule has 0 aliphatic carbocycles. The number of ketones is 1. The van der Waals surface area contributed by atoms with Gasteiger partial charge in [0.25, 0.3) is 0 Å². The van der Waals surface area contributed by atoms with E-state index in [9.17, 15) is 9.59 Å². The first-order valence-corrected chi connectivity index (χ1v) is 6.96. The first-order valence-electron chi connectivity index (χ1n) is 4.56. The van der Waals surface area contributed by atoms with E-state index in [1.807, 2.05) is 0 Å². The van der Waals surface area contributed by atoms with Gasteiger partial charge in [-0.1, -0.05) is 13.8 Å². The van der Waals surface area contributed by atoms with Gasteiger partial charge in [0.15, 0.2) is 5.78 Å². The summed E-state index contributed by atoms with van der Waals surface area (Å²) in [4.78, 5) is 22.8. The molecule has 1 aromatic heterocycles. The number of aliphatic carboxylic acids is 1.